The summed E-state index contributed by atoms with van der Waals surface area (Å²) in [6.45, 7) is 0. The molecule has 0 aliphatic carbocycles. The van der Waals surface area contributed by atoms with Crippen molar-refractivity contribution in [1.29, 1.82) is 0 Å². The van der Waals surface area contributed by atoms with Gasteiger partial charge in [-0.25, -0.2) is 0 Å². The number of hydrogen-bond donors (Lipinski definition) is 2. The Hall–Kier alpha value is -2.46. The number of thioether (sulfide) groups is 1. The van der Waals surface area contributed by atoms with E-state index in [1.54, 1.807) is 48.2 Å². The molecule has 2 aromatic carbocycles. The summed E-state index contributed by atoms with van der Waals surface area (Å²) < 4.78 is 0. The predicted octanol–water partition coefficient (Wildman–Crippen LogP) is 3.88. The second kappa shape index (κ2) is 6.75. The van der Waals surface area contributed by atoms with Crippen molar-refractivity contribution < 1.29 is 15.0 Å². The Morgan fingerprint density at radius 2 is 1.30 bits per heavy atom. The molecule has 0 saturated carbocycles. The molecule has 3 rings (SSSR count). The van der Waals surface area contributed by atoms with Gasteiger partial charge in [0.25, 0.3) is 0 Å². The van der Waals surface area contributed by atoms with Crippen molar-refractivity contribution in [2.24, 2.45) is 0 Å². The van der Waals surface area contributed by atoms with Crippen LogP contribution in [-0.2, 0) is 4.79 Å². The van der Waals surface area contributed by atoms with Crippen LogP contribution in [0.4, 0.5) is 0 Å². The Labute approximate surface area is 139 Å². The lowest BCUT2D eigenvalue weighted by atomic mass is 10.0. The van der Waals surface area contributed by atoms with Crippen molar-refractivity contribution in [1.82, 2.24) is 0 Å². The minimum atomic E-state index is 0.0236. The summed E-state index contributed by atoms with van der Waals surface area (Å²) in [4.78, 5) is 12.6. The first kappa shape index (κ1) is 15.4. The van der Waals surface area contributed by atoms with Gasteiger partial charge >= 0.3 is 0 Å². The number of rotatable bonds is 2. The zero-order chi connectivity index (χ0) is 16.2. The number of carbonyl (C=O) groups is 1. The van der Waals surface area contributed by atoms with Crippen LogP contribution in [0.1, 0.15) is 11.1 Å². The molecule has 2 N–H and O–H groups in total. The third-order valence-corrected chi connectivity index (χ3v) is 4.55. The fourth-order valence-electron chi connectivity index (χ4n) is 2.45. The van der Waals surface area contributed by atoms with Gasteiger partial charge in [0.05, 0.1) is 0 Å². The maximum Gasteiger partial charge on any atom is 0.186 e. The molecule has 3 nitrogen and oxygen atoms in total. The average molecular weight is 324 g/mol. The topological polar surface area (TPSA) is 57.5 Å². The van der Waals surface area contributed by atoms with E-state index in [0.717, 1.165) is 22.3 Å². The summed E-state index contributed by atoms with van der Waals surface area (Å²) >= 11 is 1.68. The molecule has 0 unspecified atom stereocenters. The van der Waals surface area contributed by atoms with Gasteiger partial charge in [-0.1, -0.05) is 24.3 Å². The van der Waals surface area contributed by atoms with Gasteiger partial charge in [0.1, 0.15) is 11.5 Å². The summed E-state index contributed by atoms with van der Waals surface area (Å²) in [5.74, 6) is 1.71. The minimum Gasteiger partial charge on any atom is -0.508 e. The summed E-state index contributed by atoms with van der Waals surface area (Å²) in [6, 6.07) is 13.7. The molecule has 0 spiro atoms. The Bertz CT molecular complexity index is 740. The van der Waals surface area contributed by atoms with Crippen LogP contribution in [0.15, 0.2) is 59.7 Å². The smallest absolute Gasteiger partial charge is 0.186 e. The SMILES string of the molecule is O=C1/C(=C/c2cccc(O)c2)CSC/C1=C\c1cccc(O)c1. The lowest BCUT2D eigenvalue weighted by Gasteiger charge is -2.16. The number of Topliss-reactive ketones (excluding diaryl/α,β-unsaturated/α-hetero) is 1. The van der Waals surface area contributed by atoms with Gasteiger partial charge in [0, 0.05) is 22.7 Å². The van der Waals surface area contributed by atoms with E-state index in [9.17, 15) is 15.0 Å². The molecule has 0 bridgehead atoms. The molecular weight excluding hydrogens is 308 g/mol. The number of benzene rings is 2. The van der Waals surface area contributed by atoms with Crippen LogP contribution in [-0.4, -0.2) is 27.5 Å². The Morgan fingerprint density at radius 1 is 0.826 bits per heavy atom. The molecule has 1 fully saturated rings. The molecule has 0 aromatic heterocycles. The Balaban J connectivity index is 1.89. The Morgan fingerprint density at radius 3 is 1.74 bits per heavy atom. The highest BCUT2D eigenvalue weighted by molar-refractivity contribution is 7.99. The van der Waals surface area contributed by atoms with E-state index in [4.69, 9.17) is 0 Å². The van der Waals surface area contributed by atoms with Crippen molar-refractivity contribution in [3.8, 4) is 11.5 Å². The Kier molecular flexibility index (Phi) is 4.53. The number of phenolic OH excluding ortho intramolecular Hbond substituents is 2. The van der Waals surface area contributed by atoms with Crippen molar-refractivity contribution >= 4 is 29.7 Å². The van der Waals surface area contributed by atoms with E-state index in [1.165, 1.54) is 0 Å². The van der Waals surface area contributed by atoms with Gasteiger partial charge < -0.3 is 10.2 Å². The predicted molar refractivity (Wildman–Crippen MR) is 94.5 cm³/mol. The van der Waals surface area contributed by atoms with Crippen LogP contribution in [0.25, 0.3) is 12.2 Å². The van der Waals surface area contributed by atoms with Gasteiger partial charge in [-0.15, -0.1) is 0 Å². The summed E-state index contributed by atoms with van der Waals surface area (Å²) in [7, 11) is 0. The highest BCUT2D eigenvalue weighted by Gasteiger charge is 2.20. The van der Waals surface area contributed by atoms with Gasteiger partial charge in [-0.2, -0.15) is 11.8 Å². The minimum absolute atomic E-state index is 0.0236. The number of aromatic hydroxyl groups is 2. The van der Waals surface area contributed by atoms with Crippen LogP contribution in [0.2, 0.25) is 0 Å². The molecule has 0 atom stereocenters. The van der Waals surface area contributed by atoms with Crippen LogP contribution in [0.5, 0.6) is 11.5 Å². The maximum atomic E-state index is 12.6. The zero-order valence-electron chi connectivity index (χ0n) is 12.4. The summed E-state index contributed by atoms with van der Waals surface area (Å²) in [5, 5.41) is 19.1. The first-order valence-electron chi connectivity index (χ1n) is 7.23. The van der Waals surface area contributed by atoms with Crippen molar-refractivity contribution in [3.63, 3.8) is 0 Å². The van der Waals surface area contributed by atoms with Gasteiger partial charge in [0.2, 0.25) is 0 Å². The molecule has 1 aliphatic heterocycles. The fraction of sp³-hybridized carbons (Fsp3) is 0.105. The average Bonchev–Trinajstić information content (AvgIpc) is 2.51. The van der Waals surface area contributed by atoms with Gasteiger partial charge in [0.15, 0.2) is 5.78 Å². The maximum absolute atomic E-state index is 12.6. The molecule has 0 amide bonds. The van der Waals surface area contributed by atoms with E-state index in [-0.39, 0.29) is 17.3 Å². The second-order valence-corrected chi connectivity index (χ2v) is 6.34. The third kappa shape index (κ3) is 3.85. The molecule has 1 aliphatic rings. The fourth-order valence-corrected chi connectivity index (χ4v) is 3.42. The first-order chi connectivity index (χ1) is 11.1. The van der Waals surface area contributed by atoms with E-state index in [0.29, 0.717) is 11.5 Å². The third-order valence-electron chi connectivity index (χ3n) is 3.52. The molecule has 23 heavy (non-hydrogen) atoms. The van der Waals surface area contributed by atoms with Gasteiger partial charge in [-0.3, -0.25) is 4.79 Å². The zero-order valence-corrected chi connectivity index (χ0v) is 13.2. The monoisotopic (exact) mass is 324 g/mol. The largest absolute Gasteiger partial charge is 0.508 e. The van der Waals surface area contributed by atoms with E-state index in [1.807, 2.05) is 24.3 Å². The van der Waals surface area contributed by atoms with Crippen molar-refractivity contribution in [3.05, 3.63) is 70.8 Å². The summed E-state index contributed by atoms with van der Waals surface area (Å²) in [6.07, 6.45) is 3.65. The summed E-state index contributed by atoms with van der Waals surface area (Å²) in [5.41, 5.74) is 3.07. The van der Waals surface area contributed by atoms with Crippen LogP contribution < -0.4 is 0 Å². The van der Waals surface area contributed by atoms with E-state index in [2.05, 4.69) is 0 Å². The van der Waals surface area contributed by atoms with Crippen molar-refractivity contribution in [2.45, 2.75) is 0 Å². The molecular formula is C19H16O3S. The number of phenols is 2. The molecule has 4 heteroatoms. The van der Waals surface area contributed by atoms with Crippen LogP contribution in [0, 0.1) is 0 Å². The van der Waals surface area contributed by atoms with Crippen LogP contribution >= 0.6 is 11.8 Å². The molecule has 1 heterocycles. The van der Waals surface area contributed by atoms with Crippen LogP contribution in [0.3, 0.4) is 0 Å². The molecule has 1 saturated heterocycles. The molecule has 0 radical (unpaired) electrons. The lowest BCUT2D eigenvalue weighted by Crippen LogP contribution is -2.16. The quantitative estimate of drug-likeness (QED) is 0.823. The molecule has 116 valence electrons. The molecule has 2 aromatic rings. The second-order valence-electron chi connectivity index (χ2n) is 5.35. The number of carbonyl (C=O) groups excluding carboxylic acids is 1. The first-order valence-corrected chi connectivity index (χ1v) is 8.39. The van der Waals surface area contributed by atoms with Gasteiger partial charge in [-0.05, 0) is 47.5 Å². The van der Waals surface area contributed by atoms with E-state index < -0.39 is 0 Å². The van der Waals surface area contributed by atoms with Crippen molar-refractivity contribution in [2.75, 3.05) is 11.5 Å². The highest BCUT2D eigenvalue weighted by Crippen LogP contribution is 2.28. The number of hydrogen-bond acceptors (Lipinski definition) is 4. The lowest BCUT2D eigenvalue weighted by molar-refractivity contribution is -0.112. The number of ketones is 1. The normalized spacial score (nSPS) is 18.5. The highest BCUT2D eigenvalue weighted by atomic mass is 32.2. The van der Waals surface area contributed by atoms with E-state index >= 15 is 0 Å². The standard InChI is InChI=1S/C19H16O3S/c20-17-5-1-3-13(9-17)7-15-11-23-12-16(19(15)22)8-14-4-2-6-18(21)10-14/h1-10,20-21H,11-12H2/b15-7+,16-8+.